The predicted octanol–water partition coefficient (Wildman–Crippen LogP) is 3.95. The first-order valence-electron chi connectivity index (χ1n) is 4.34. The van der Waals surface area contributed by atoms with Crippen molar-refractivity contribution in [3.8, 4) is 5.75 Å². The van der Waals surface area contributed by atoms with E-state index in [1.54, 1.807) is 0 Å². The van der Waals surface area contributed by atoms with Gasteiger partial charge in [-0.05, 0) is 56.8 Å². The van der Waals surface area contributed by atoms with Crippen LogP contribution < -0.4 is 4.74 Å². The fraction of sp³-hybridized carbons (Fsp3) is 0.300. The molecule has 0 aliphatic carbocycles. The molecule has 0 heterocycles. The van der Waals surface area contributed by atoms with Gasteiger partial charge in [0.1, 0.15) is 5.75 Å². The summed E-state index contributed by atoms with van der Waals surface area (Å²) in [5.74, 6) is -0.564. The van der Waals surface area contributed by atoms with Crippen LogP contribution in [0.15, 0.2) is 8.95 Å². The highest BCUT2D eigenvalue weighted by atomic mass is 79.9. The number of hydrogen-bond donors (Lipinski definition) is 1. The van der Waals surface area contributed by atoms with Crippen LogP contribution >= 0.6 is 43.5 Å². The summed E-state index contributed by atoms with van der Waals surface area (Å²) in [6, 6.07) is 0. The molecule has 1 aromatic carbocycles. The zero-order chi connectivity index (χ0) is 12.5. The summed E-state index contributed by atoms with van der Waals surface area (Å²) in [5.41, 5.74) is 1.64. The van der Waals surface area contributed by atoms with E-state index < -0.39 is 12.6 Å². The third kappa shape index (κ3) is 2.70. The molecule has 6 heteroatoms. The lowest BCUT2D eigenvalue weighted by Gasteiger charge is -2.14. The Hall–Kier alpha value is -0.260. The first-order chi connectivity index (χ1) is 7.36. The lowest BCUT2D eigenvalue weighted by Crippen LogP contribution is -2.10. The first kappa shape index (κ1) is 13.8. The third-order valence-corrected chi connectivity index (χ3v) is 4.53. The largest absolute Gasteiger partial charge is 0.480 e. The molecule has 1 N–H and O–H groups in total. The minimum atomic E-state index is -1.02. The molecule has 0 aliphatic heterocycles. The lowest BCUT2D eigenvalue weighted by molar-refractivity contribution is -0.139. The van der Waals surface area contributed by atoms with Crippen molar-refractivity contribution in [2.24, 2.45) is 0 Å². The molecular weight excluding hydrogens is 363 g/mol. The monoisotopic (exact) mass is 370 g/mol. The molecule has 0 saturated heterocycles. The average Bonchev–Trinajstić information content (AvgIpc) is 2.23. The van der Waals surface area contributed by atoms with Crippen molar-refractivity contribution >= 4 is 49.4 Å². The molecule has 0 unspecified atom stereocenters. The molecule has 0 aliphatic rings. The summed E-state index contributed by atoms with van der Waals surface area (Å²) in [7, 11) is 0. The Kier molecular flexibility index (Phi) is 4.64. The van der Waals surface area contributed by atoms with Crippen LogP contribution in [0, 0.1) is 13.8 Å². The van der Waals surface area contributed by atoms with Crippen LogP contribution in [-0.4, -0.2) is 17.7 Å². The normalized spacial score (nSPS) is 10.3. The maximum atomic E-state index is 10.5. The minimum absolute atomic E-state index is 0.391. The van der Waals surface area contributed by atoms with E-state index in [1.807, 2.05) is 13.8 Å². The van der Waals surface area contributed by atoms with Gasteiger partial charge in [0, 0.05) is 5.02 Å². The highest BCUT2D eigenvalue weighted by molar-refractivity contribution is 9.11. The van der Waals surface area contributed by atoms with E-state index >= 15 is 0 Å². The SMILES string of the molecule is Cc1c(Cl)c(C)c(Br)c(OCC(=O)O)c1Br. The molecule has 1 aromatic rings. The molecule has 0 spiro atoms. The molecule has 0 aromatic heterocycles. The highest BCUT2D eigenvalue weighted by Gasteiger charge is 2.17. The summed E-state index contributed by atoms with van der Waals surface area (Å²) in [4.78, 5) is 10.5. The van der Waals surface area contributed by atoms with Gasteiger partial charge in [-0.15, -0.1) is 0 Å². The molecule has 0 saturated carbocycles. The Bertz CT molecular complexity index is 417. The number of carboxylic acid groups (broad SMARTS) is 1. The topological polar surface area (TPSA) is 46.5 Å². The maximum Gasteiger partial charge on any atom is 0.341 e. The van der Waals surface area contributed by atoms with E-state index in [9.17, 15) is 4.79 Å². The molecule has 3 nitrogen and oxygen atoms in total. The average molecular weight is 372 g/mol. The second-order valence-electron chi connectivity index (χ2n) is 3.20. The second-order valence-corrected chi connectivity index (χ2v) is 5.17. The van der Waals surface area contributed by atoms with Crippen molar-refractivity contribution in [1.82, 2.24) is 0 Å². The highest BCUT2D eigenvalue weighted by Crippen LogP contribution is 2.42. The number of hydrogen-bond acceptors (Lipinski definition) is 2. The fourth-order valence-corrected chi connectivity index (χ4v) is 2.88. The maximum absolute atomic E-state index is 10.5. The molecule has 1 rings (SSSR count). The van der Waals surface area contributed by atoms with Crippen molar-refractivity contribution < 1.29 is 14.6 Å². The quantitative estimate of drug-likeness (QED) is 0.874. The van der Waals surface area contributed by atoms with Crippen molar-refractivity contribution in [3.05, 3.63) is 25.1 Å². The lowest BCUT2D eigenvalue weighted by atomic mass is 10.1. The van der Waals surface area contributed by atoms with Gasteiger partial charge in [-0.3, -0.25) is 0 Å². The summed E-state index contributed by atoms with van der Waals surface area (Å²) < 4.78 is 6.52. The molecule has 0 radical (unpaired) electrons. The van der Waals surface area contributed by atoms with Crippen molar-refractivity contribution in [2.75, 3.05) is 6.61 Å². The third-order valence-electron chi connectivity index (χ3n) is 2.06. The van der Waals surface area contributed by atoms with Gasteiger partial charge < -0.3 is 9.84 Å². The minimum Gasteiger partial charge on any atom is -0.480 e. The van der Waals surface area contributed by atoms with Gasteiger partial charge in [-0.2, -0.15) is 0 Å². The van der Waals surface area contributed by atoms with Crippen LogP contribution in [0.1, 0.15) is 11.1 Å². The number of aliphatic carboxylic acids is 1. The summed E-state index contributed by atoms with van der Waals surface area (Å²) >= 11 is 12.8. The number of carbonyl (C=O) groups is 1. The molecule has 0 bridgehead atoms. The van der Waals surface area contributed by atoms with Crippen LogP contribution in [0.3, 0.4) is 0 Å². The van der Waals surface area contributed by atoms with Gasteiger partial charge in [0.15, 0.2) is 6.61 Å². The second kappa shape index (κ2) is 5.38. The number of carboxylic acids is 1. The van der Waals surface area contributed by atoms with E-state index in [0.717, 1.165) is 11.1 Å². The van der Waals surface area contributed by atoms with Gasteiger partial charge in [0.05, 0.1) is 8.95 Å². The Balaban J connectivity index is 3.23. The van der Waals surface area contributed by atoms with Crippen LogP contribution in [0.2, 0.25) is 5.02 Å². The number of halogens is 3. The van der Waals surface area contributed by atoms with E-state index in [-0.39, 0.29) is 0 Å². The van der Waals surface area contributed by atoms with Gasteiger partial charge in [-0.25, -0.2) is 4.79 Å². The number of benzene rings is 1. The molecule has 0 fully saturated rings. The van der Waals surface area contributed by atoms with E-state index in [2.05, 4.69) is 31.9 Å². The summed E-state index contributed by atoms with van der Waals surface area (Å²) in [6.07, 6.45) is 0. The first-order valence-corrected chi connectivity index (χ1v) is 6.30. The number of rotatable bonds is 3. The Labute approximate surface area is 115 Å². The molecular formula is C10H9Br2ClO3. The van der Waals surface area contributed by atoms with Crippen molar-refractivity contribution in [3.63, 3.8) is 0 Å². The molecule has 88 valence electrons. The Morgan fingerprint density at radius 3 is 2.12 bits per heavy atom. The zero-order valence-electron chi connectivity index (χ0n) is 8.60. The van der Waals surface area contributed by atoms with Gasteiger partial charge in [0.25, 0.3) is 0 Å². The predicted molar refractivity (Wildman–Crippen MR) is 69.5 cm³/mol. The van der Waals surface area contributed by atoms with E-state index in [0.29, 0.717) is 19.7 Å². The zero-order valence-corrected chi connectivity index (χ0v) is 12.5. The van der Waals surface area contributed by atoms with Gasteiger partial charge >= 0.3 is 5.97 Å². The van der Waals surface area contributed by atoms with Crippen molar-refractivity contribution in [2.45, 2.75) is 13.8 Å². The van der Waals surface area contributed by atoms with Gasteiger partial charge in [-0.1, -0.05) is 11.6 Å². The molecule has 0 atom stereocenters. The van der Waals surface area contributed by atoms with Crippen LogP contribution in [-0.2, 0) is 4.79 Å². The molecule has 0 amide bonds. The summed E-state index contributed by atoms with van der Waals surface area (Å²) in [6.45, 7) is 3.27. The fourth-order valence-electron chi connectivity index (χ4n) is 1.17. The van der Waals surface area contributed by atoms with Gasteiger partial charge in [0.2, 0.25) is 0 Å². The molecule has 16 heavy (non-hydrogen) atoms. The number of ether oxygens (including phenoxy) is 1. The van der Waals surface area contributed by atoms with Crippen LogP contribution in [0.25, 0.3) is 0 Å². The Morgan fingerprint density at radius 2 is 1.75 bits per heavy atom. The van der Waals surface area contributed by atoms with Crippen LogP contribution in [0.5, 0.6) is 5.75 Å². The standard InChI is InChI=1S/C10H9Br2ClO3/c1-4-7(11)10(16-3-6(14)15)8(12)5(2)9(4)13/h3H2,1-2H3,(H,14,15). The smallest absolute Gasteiger partial charge is 0.341 e. The van der Waals surface area contributed by atoms with E-state index in [1.165, 1.54) is 0 Å². The Morgan fingerprint density at radius 1 is 1.31 bits per heavy atom. The van der Waals surface area contributed by atoms with E-state index in [4.69, 9.17) is 21.4 Å². The van der Waals surface area contributed by atoms with Crippen LogP contribution in [0.4, 0.5) is 0 Å². The van der Waals surface area contributed by atoms with Crippen molar-refractivity contribution in [1.29, 1.82) is 0 Å². The summed E-state index contributed by atoms with van der Waals surface area (Å²) in [5, 5.41) is 9.19.